The van der Waals surface area contributed by atoms with Crippen LogP contribution in [-0.2, 0) is 14.4 Å². The molecule has 8 nitrogen and oxygen atoms in total. The average molecular weight is 641 g/mol. The fourth-order valence-corrected chi connectivity index (χ4v) is 5.67. The Kier molecular flexibility index (Phi) is 11.0. The lowest BCUT2D eigenvalue weighted by atomic mass is 10.1. The van der Waals surface area contributed by atoms with Gasteiger partial charge >= 0.3 is 0 Å². The first-order chi connectivity index (χ1) is 22.8. The minimum absolute atomic E-state index is 0.0779. The number of rotatable bonds is 11. The summed E-state index contributed by atoms with van der Waals surface area (Å²) in [5, 5.41) is 10.7. The summed E-state index contributed by atoms with van der Waals surface area (Å²) >= 11 is 1.34. The third-order valence-electron chi connectivity index (χ3n) is 6.80. The molecule has 0 aliphatic rings. The molecule has 5 aromatic rings. The van der Waals surface area contributed by atoms with E-state index in [0.29, 0.717) is 22.6 Å². The van der Waals surface area contributed by atoms with Crippen LogP contribution in [-0.4, -0.2) is 23.6 Å². The van der Waals surface area contributed by atoms with Crippen molar-refractivity contribution < 1.29 is 19.2 Å². The first-order valence-electron chi connectivity index (χ1n) is 14.8. The van der Waals surface area contributed by atoms with E-state index in [1.165, 1.54) is 18.7 Å². The van der Waals surface area contributed by atoms with Gasteiger partial charge in [0.15, 0.2) is 0 Å². The summed E-state index contributed by atoms with van der Waals surface area (Å²) in [5.41, 5.74) is 3.76. The topological polar surface area (TPSA) is 116 Å². The monoisotopic (exact) mass is 640 g/mol. The number of nitrogens with one attached hydrogen (secondary N) is 4. The molecule has 5 aromatic carbocycles. The highest BCUT2D eigenvalue weighted by Crippen LogP contribution is 2.37. The van der Waals surface area contributed by atoms with Crippen molar-refractivity contribution in [3.05, 3.63) is 162 Å². The van der Waals surface area contributed by atoms with E-state index in [0.717, 1.165) is 16.0 Å². The smallest absolute Gasteiger partial charge is 0.272 e. The summed E-state index contributed by atoms with van der Waals surface area (Å²) in [6.45, 7) is 1.43. The number of carbonyl (C=O) groups excluding carboxylic acids is 4. The second-order valence-electron chi connectivity index (χ2n) is 10.4. The van der Waals surface area contributed by atoms with Crippen LogP contribution in [0.2, 0.25) is 0 Å². The van der Waals surface area contributed by atoms with Crippen molar-refractivity contribution in [2.75, 3.05) is 16.0 Å². The van der Waals surface area contributed by atoms with Crippen LogP contribution >= 0.6 is 11.8 Å². The van der Waals surface area contributed by atoms with Crippen molar-refractivity contribution in [3.8, 4) is 0 Å². The molecule has 47 heavy (non-hydrogen) atoms. The molecule has 0 aromatic heterocycles. The second-order valence-corrected chi connectivity index (χ2v) is 11.6. The Balaban J connectivity index is 1.34. The lowest BCUT2D eigenvalue weighted by Crippen LogP contribution is -2.30. The van der Waals surface area contributed by atoms with E-state index in [2.05, 4.69) is 21.3 Å². The SMILES string of the molecule is CC(=O)Nc1ccc(NC(=O)C(Sc2cccc(NC(=O)/C(=C/c3ccccc3)NC(=O)c3ccccc3)c2)c2ccccc2)cc1. The standard InChI is InChI=1S/C38H32N4O4S/c1-26(43)39-30-20-22-31(23-21-30)40-38(46)35(28-14-7-3-8-15-28)47-33-19-11-18-32(25-33)41-37(45)34(24-27-12-5-2-6-13-27)42-36(44)29-16-9-4-10-17-29/h2-25,35H,1H3,(H,39,43)(H,40,46)(H,41,45)(H,42,44)/b34-24-. The van der Waals surface area contributed by atoms with Crippen LogP contribution in [0.25, 0.3) is 6.08 Å². The van der Waals surface area contributed by atoms with E-state index >= 15 is 0 Å². The van der Waals surface area contributed by atoms with E-state index in [4.69, 9.17) is 0 Å². The van der Waals surface area contributed by atoms with Gasteiger partial charge in [0.1, 0.15) is 10.9 Å². The number of thioether (sulfide) groups is 1. The Hall–Kier alpha value is -5.93. The lowest BCUT2D eigenvalue weighted by molar-refractivity contribution is -0.116. The summed E-state index contributed by atoms with van der Waals surface area (Å²) in [7, 11) is 0. The summed E-state index contributed by atoms with van der Waals surface area (Å²) in [4.78, 5) is 52.2. The maximum atomic E-state index is 13.6. The highest BCUT2D eigenvalue weighted by atomic mass is 32.2. The molecule has 0 fully saturated rings. The third-order valence-corrected chi connectivity index (χ3v) is 8.05. The number of hydrogen-bond donors (Lipinski definition) is 4. The minimum atomic E-state index is -0.615. The molecule has 9 heteroatoms. The zero-order valence-electron chi connectivity index (χ0n) is 25.5. The molecule has 0 heterocycles. The Labute approximate surface area is 277 Å². The van der Waals surface area contributed by atoms with E-state index < -0.39 is 17.1 Å². The number of benzene rings is 5. The van der Waals surface area contributed by atoms with Gasteiger partial charge in [-0.25, -0.2) is 0 Å². The van der Waals surface area contributed by atoms with E-state index in [9.17, 15) is 19.2 Å². The van der Waals surface area contributed by atoms with Gasteiger partial charge in [0.25, 0.3) is 11.8 Å². The Morgan fingerprint density at radius 1 is 0.617 bits per heavy atom. The number of anilines is 3. The first kappa shape index (κ1) is 32.5. The molecule has 0 radical (unpaired) electrons. The predicted octanol–water partition coefficient (Wildman–Crippen LogP) is 7.53. The summed E-state index contributed by atoms with van der Waals surface area (Å²) in [6.07, 6.45) is 1.62. The first-order valence-corrected chi connectivity index (χ1v) is 15.7. The van der Waals surface area contributed by atoms with Gasteiger partial charge in [0, 0.05) is 34.4 Å². The zero-order chi connectivity index (χ0) is 33.0. The van der Waals surface area contributed by atoms with Gasteiger partial charge in [-0.3, -0.25) is 19.2 Å². The molecule has 4 N–H and O–H groups in total. The van der Waals surface area contributed by atoms with Crippen molar-refractivity contribution in [3.63, 3.8) is 0 Å². The van der Waals surface area contributed by atoms with Crippen molar-refractivity contribution in [2.45, 2.75) is 17.1 Å². The van der Waals surface area contributed by atoms with Crippen molar-refractivity contribution in [1.82, 2.24) is 5.32 Å². The van der Waals surface area contributed by atoms with Gasteiger partial charge in [0.05, 0.1) is 0 Å². The molecule has 0 saturated heterocycles. The summed E-state index contributed by atoms with van der Waals surface area (Å²) in [6, 6.07) is 41.4. The highest BCUT2D eigenvalue weighted by Gasteiger charge is 2.23. The van der Waals surface area contributed by atoms with Gasteiger partial charge in [-0.2, -0.15) is 0 Å². The van der Waals surface area contributed by atoms with Crippen LogP contribution in [0.15, 0.2) is 150 Å². The van der Waals surface area contributed by atoms with Gasteiger partial charge in [-0.05, 0) is 71.8 Å². The molecule has 1 unspecified atom stereocenters. The van der Waals surface area contributed by atoms with E-state index in [1.807, 2.05) is 72.8 Å². The molecule has 4 amide bonds. The van der Waals surface area contributed by atoms with Gasteiger partial charge in [0.2, 0.25) is 11.8 Å². The van der Waals surface area contributed by atoms with Crippen LogP contribution in [0.3, 0.4) is 0 Å². The van der Waals surface area contributed by atoms with Gasteiger partial charge in [-0.15, -0.1) is 11.8 Å². The molecular weight excluding hydrogens is 609 g/mol. The third kappa shape index (κ3) is 9.53. The Morgan fingerprint density at radius 2 is 1.21 bits per heavy atom. The number of amides is 4. The fourth-order valence-electron chi connectivity index (χ4n) is 4.59. The van der Waals surface area contributed by atoms with Crippen molar-refractivity contribution >= 4 is 58.5 Å². The minimum Gasteiger partial charge on any atom is -0.326 e. The molecule has 1 atom stereocenters. The van der Waals surface area contributed by atoms with E-state index in [-0.39, 0.29) is 17.5 Å². The van der Waals surface area contributed by atoms with Crippen molar-refractivity contribution in [1.29, 1.82) is 0 Å². The summed E-state index contributed by atoms with van der Waals surface area (Å²) < 4.78 is 0. The Bertz CT molecular complexity index is 1880. The molecule has 0 saturated carbocycles. The molecule has 0 spiro atoms. The van der Waals surface area contributed by atoms with Crippen LogP contribution in [0, 0.1) is 0 Å². The van der Waals surface area contributed by atoms with Crippen LogP contribution in [0.4, 0.5) is 17.1 Å². The van der Waals surface area contributed by atoms with Crippen LogP contribution < -0.4 is 21.3 Å². The fraction of sp³-hybridized carbons (Fsp3) is 0.0526. The lowest BCUT2D eigenvalue weighted by Gasteiger charge is -2.18. The summed E-state index contributed by atoms with van der Waals surface area (Å²) in [5.74, 6) is -1.32. The largest absolute Gasteiger partial charge is 0.326 e. The molecule has 234 valence electrons. The number of hydrogen-bond acceptors (Lipinski definition) is 5. The number of carbonyl (C=O) groups is 4. The van der Waals surface area contributed by atoms with Crippen LogP contribution in [0.5, 0.6) is 0 Å². The van der Waals surface area contributed by atoms with Gasteiger partial charge < -0.3 is 21.3 Å². The maximum absolute atomic E-state index is 13.6. The Morgan fingerprint density at radius 3 is 1.85 bits per heavy atom. The maximum Gasteiger partial charge on any atom is 0.272 e. The molecule has 0 aliphatic heterocycles. The molecule has 0 aliphatic carbocycles. The van der Waals surface area contributed by atoms with E-state index in [1.54, 1.807) is 72.8 Å². The predicted molar refractivity (Wildman–Crippen MR) is 188 cm³/mol. The van der Waals surface area contributed by atoms with Crippen molar-refractivity contribution in [2.24, 2.45) is 0 Å². The zero-order valence-corrected chi connectivity index (χ0v) is 26.3. The molecular formula is C38H32N4O4S. The average Bonchev–Trinajstić information content (AvgIpc) is 3.09. The highest BCUT2D eigenvalue weighted by molar-refractivity contribution is 8.00. The second kappa shape index (κ2) is 15.9. The normalized spacial score (nSPS) is 11.6. The molecule has 0 bridgehead atoms. The molecule has 5 rings (SSSR count). The van der Waals surface area contributed by atoms with Gasteiger partial charge in [-0.1, -0.05) is 84.9 Å². The van der Waals surface area contributed by atoms with Crippen LogP contribution in [0.1, 0.15) is 33.7 Å². The quantitative estimate of drug-likeness (QED) is 0.0880.